The van der Waals surface area contributed by atoms with Crippen LogP contribution in [-0.2, 0) is 10.0 Å². The Balaban J connectivity index is 2.21. The normalized spacial score (nSPS) is 20.7. The molecule has 0 bridgehead atoms. The topological polar surface area (TPSA) is 58.2 Å². The largest absolute Gasteiger partial charge is 0.315 e. The van der Waals surface area contributed by atoms with Crippen LogP contribution in [0.15, 0.2) is 27.6 Å². The van der Waals surface area contributed by atoms with Crippen LogP contribution in [0.5, 0.6) is 0 Å². The Morgan fingerprint density at radius 1 is 1.47 bits per heavy atom. The van der Waals surface area contributed by atoms with Crippen molar-refractivity contribution in [1.82, 2.24) is 10.0 Å². The van der Waals surface area contributed by atoms with Crippen LogP contribution in [0.25, 0.3) is 0 Å². The Bertz CT molecular complexity index is 515. The number of benzene rings is 1. The molecule has 1 aliphatic heterocycles. The second-order valence-electron chi connectivity index (χ2n) is 3.89. The monoisotopic (exact) mass is 338 g/mol. The number of nitrogens with one attached hydrogen (secondary N) is 2. The zero-order valence-electron chi connectivity index (χ0n) is 8.91. The number of hydrogen-bond acceptors (Lipinski definition) is 3. The first-order chi connectivity index (χ1) is 7.99. The van der Waals surface area contributed by atoms with Gasteiger partial charge in [-0.25, -0.2) is 13.1 Å². The van der Waals surface area contributed by atoms with Crippen molar-refractivity contribution >= 4 is 37.6 Å². The molecule has 2 rings (SSSR count). The van der Waals surface area contributed by atoms with E-state index < -0.39 is 10.0 Å². The molecule has 1 aliphatic rings. The van der Waals surface area contributed by atoms with Gasteiger partial charge in [0, 0.05) is 17.1 Å². The van der Waals surface area contributed by atoms with Gasteiger partial charge in [-0.3, -0.25) is 0 Å². The molecule has 0 aliphatic carbocycles. The van der Waals surface area contributed by atoms with E-state index in [1.54, 1.807) is 6.07 Å². The summed E-state index contributed by atoms with van der Waals surface area (Å²) in [5.41, 5.74) is 0. The molecule has 1 saturated heterocycles. The molecule has 7 heteroatoms. The molecular formula is C10H12BrClN2O2S. The summed E-state index contributed by atoms with van der Waals surface area (Å²) in [6.45, 7) is 1.51. The lowest BCUT2D eigenvalue weighted by molar-refractivity contribution is 0.560. The van der Waals surface area contributed by atoms with Crippen LogP contribution in [0.2, 0.25) is 5.02 Å². The van der Waals surface area contributed by atoms with E-state index in [4.69, 9.17) is 11.6 Å². The third-order valence-corrected chi connectivity index (χ3v) is 5.33. The number of halogens is 2. The van der Waals surface area contributed by atoms with Crippen molar-refractivity contribution in [1.29, 1.82) is 0 Å². The summed E-state index contributed by atoms with van der Waals surface area (Å²) in [5, 5.41) is 3.49. The Hall–Kier alpha value is -0.140. The maximum absolute atomic E-state index is 12.0. The SMILES string of the molecule is O=S(=O)(N[C@H]1CCNC1)c1ccc(Br)c(Cl)c1. The first-order valence-corrected chi connectivity index (χ1v) is 7.82. The van der Waals surface area contributed by atoms with E-state index in [2.05, 4.69) is 26.0 Å². The number of hydrogen-bond donors (Lipinski definition) is 2. The molecule has 0 spiro atoms. The summed E-state index contributed by atoms with van der Waals surface area (Å²) in [4.78, 5) is 0.192. The van der Waals surface area contributed by atoms with Gasteiger partial charge in [0.2, 0.25) is 10.0 Å². The van der Waals surface area contributed by atoms with E-state index in [0.29, 0.717) is 16.0 Å². The van der Waals surface area contributed by atoms with Crippen LogP contribution in [-0.4, -0.2) is 27.5 Å². The fraction of sp³-hybridized carbons (Fsp3) is 0.400. The molecular weight excluding hydrogens is 328 g/mol. The van der Waals surface area contributed by atoms with E-state index >= 15 is 0 Å². The standard InChI is InChI=1S/C10H12BrClN2O2S/c11-9-2-1-8(5-10(9)12)17(15,16)14-7-3-4-13-6-7/h1-2,5,7,13-14H,3-4,6H2/t7-/m0/s1. The van der Waals surface area contributed by atoms with Crippen molar-refractivity contribution in [2.75, 3.05) is 13.1 Å². The molecule has 0 unspecified atom stereocenters. The predicted molar refractivity (Wildman–Crippen MR) is 70.7 cm³/mol. The van der Waals surface area contributed by atoms with Crippen LogP contribution < -0.4 is 10.0 Å². The molecule has 0 amide bonds. The second kappa shape index (κ2) is 5.24. The lowest BCUT2D eigenvalue weighted by Gasteiger charge is -2.12. The molecule has 1 aromatic rings. The first-order valence-electron chi connectivity index (χ1n) is 5.17. The molecule has 1 aromatic carbocycles. The summed E-state index contributed by atoms with van der Waals surface area (Å²) >= 11 is 9.11. The highest BCUT2D eigenvalue weighted by molar-refractivity contribution is 9.10. The second-order valence-corrected chi connectivity index (χ2v) is 6.86. The molecule has 17 heavy (non-hydrogen) atoms. The van der Waals surface area contributed by atoms with Crippen LogP contribution >= 0.6 is 27.5 Å². The van der Waals surface area contributed by atoms with Gasteiger partial charge in [0.05, 0.1) is 9.92 Å². The summed E-state index contributed by atoms with van der Waals surface area (Å²) in [6, 6.07) is 4.56. The molecule has 0 radical (unpaired) electrons. The van der Waals surface area contributed by atoms with Gasteiger partial charge in [-0.2, -0.15) is 0 Å². The minimum atomic E-state index is -3.48. The van der Waals surface area contributed by atoms with Crippen molar-refractivity contribution in [3.8, 4) is 0 Å². The van der Waals surface area contributed by atoms with Gasteiger partial charge in [0.25, 0.3) is 0 Å². The van der Waals surface area contributed by atoms with Gasteiger partial charge in [-0.15, -0.1) is 0 Å². The van der Waals surface area contributed by atoms with Crippen LogP contribution in [0.3, 0.4) is 0 Å². The van der Waals surface area contributed by atoms with Crippen LogP contribution in [0, 0.1) is 0 Å². The highest BCUT2D eigenvalue weighted by atomic mass is 79.9. The zero-order chi connectivity index (χ0) is 12.5. The van der Waals surface area contributed by atoms with Gasteiger partial charge < -0.3 is 5.32 Å². The van der Waals surface area contributed by atoms with E-state index in [1.165, 1.54) is 12.1 Å². The van der Waals surface area contributed by atoms with Crippen LogP contribution in [0.4, 0.5) is 0 Å². The van der Waals surface area contributed by atoms with E-state index in [0.717, 1.165) is 13.0 Å². The average molecular weight is 340 g/mol. The lowest BCUT2D eigenvalue weighted by atomic mass is 10.3. The van der Waals surface area contributed by atoms with Crippen molar-refractivity contribution in [2.45, 2.75) is 17.4 Å². The first kappa shape index (κ1) is 13.3. The predicted octanol–water partition coefficient (Wildman–Crippen LogP) is 1.74. The summed E-state index contributed by atoms with van der Waals surface area (Å²) in [6.07, 6.45) is 0.809. The zero-order valence-corrected chi connectivity index (χ0v) is 12.1. The summed E-state index contributed by atoms with van der Waals surface area (Å²) in [7, 11) is -3.48. The number of sulfonamides is 1. The maximum Gasteiger partial charge on any atom is 0.240 e. The van der Waals surface area contributed by atoms with Crippen molar-refractivity contribution in [3.05, 3.63) is 27.7 Å². The molecule has 1 atom stereocenters. The van der Waals surface area contributed by atoms with Gasteiger partial charge in [-0.1, -0.05) is 11.6 Å². The molecule has 1 heterocycles. The van der Waals surface area contributed by atoms with E-state index in [1.807, 2.05) is 0 Å². The molecule has 0 saturated carbocycles. The third kappa shape index (κ3) is 3.20. The minimum Gasteiger partial charge on any atom is -0.315 e. The van der Waals surface area contributed by atoms with Gasteiger partial charge >= 0.3 is 0 Å². The quantitative estimate of drug-likeness (QED) is 0.882. The Morgan fingerprint density at radius 2 is 2.24 bits per heavy atom. The van der Waals surface area contributed by atoms with Crippen LogP contribution in [0.1, 0.15) is 6.42 Å². The highest BCUT2D eigenvalue weighted by Gasteiger charge is 2.22. The Morgan fingerprint density at radius 3 is 2.82 bits per heavy atom. The van der Waals surface area contributed by atoms with E-state index in [9.17, 15) is 8.42 Å². The molecule has 94 valence electrons. The number of rotatable bonds is 3. The van der Waals surface area contributed by atoms with Crippen molar-refractivity contribution in [2.24, 2.45) is 0 Å². The van der Waals surface area contributed by atoms with Crippen molar-refractivity contribution < 1.29 is 8.42 Å². The minimum absolute atomic E-state index is 0.0394. The Kier molecular flexibility index (Phi) is 4.10. The summed E-state index contributed by atoms with van der Waals surface area (Å²) in [5.74, 6) is 0. The van der Waals surface area contributed by atoms with E-state index in [-0.39, 0.29) is 10.9 Å². The van der Waals surface area contributed by atoms with Gasteiger partial charge in [0.15, 0.2) is 0 Å². The van der Waals surface area contributed by atoms with Gasteiger partial charge in [-0.05, 0) is 47.1 Å². The average Bonchev–Trinajstić information content (AvgIpc) is 2.73. The smallest absolute Gasteiger partial charge is 0.240 e. The molecule has 2 N–H and O–H groups in total. The molecule has 1 fully saturated rings. The fourth-order valence-corrected chi connectivity index (χ4v) is 3.47. The summed E-state index contributed by atoms with van der Waals surface area (Å²) < 4.78 is 27.4. The maximum atomic E-state index is 12.0. The molecule has 0 aromatic heterocycles. The lowest BCUT2D eigenvalue weighted by Crippen LogP contribution is -2.36. The third-order valence-electron chi connectivity index (χ3n) is 2.58. The molecule has 4 nitrogen and oxygen atoms in total. The van der Waals surface area contributed by atoms with Crippen molar-refractivity contribution in [3.63, 3.8) is 0 Å². The fourth-order valence-electron chi connectivity index (χ4n) is 1.69. The Labute approximate surface area is 114 Å². The van der Waals surface area contributed by atoms with Gasteiger partial charge in [0.1, 0.15) is 0 Å². The highest BCUT2D eigenvalue weighted by Crippen LogP contribution is 2.25.